The number of carbonyl (C=O) groups excluding carboxylic acids is 2. The third-order valence-corrected chi connectivity index (χ3v) is 1.20. The highest BCUT2D eigenvalue weighted by molar-refractivity contribution is 6.81. The minimum Gasteiger partial charge on any atom is -0.306 e. The molecule has 8 heavy (non-hydrogen) atoms. The van der Waals surface area contributed by atoms with E-state index >= 15 is 0 Å². The average molecular weight is 111 g/mol. The number of imide groups is 1. The average Bonchev–Trinajstić information content (AvgIpc) is 1.85. The molecule has 4 heteroatoms. The van der Waals surface area contributed by atoms with Crippen LogP contribution in [0.4, 0.5) is 4.79 Å². The second-order valence-electron chi connectivity index (χ2n) is 2.02. The summed E-state index contributed by atoms with van der Waals surface area (Å²) in [6.45, 7) is 1.74. The van der Waals surface area contributed by atoms with E-state index in [0.29, 0.717) is 7.28 Å². The Bertz CT molecular complexity index is 145. The molecule has 2 amide bonds. The third kappa shape index (κ3) is 0.733. The number of hydrogen-bond acceptors (Lipinski definition) is 2. The molecule has 1 aliphatic rings. The first-order valence-corrected chi connectivity index (χ1v) is 2.54. The Balaban J connectivity index is 2.64. The molecule has 1 fully saturated rings. The summed E-state index contributed by atoms with van der Waals surface area (Å²) in [4.78, 5) is 20.8. The summed E-state index contributed by atoms with van der Waals surface area (Å²) in [6, 6.07) is 0. The van der Waals surface area contributed by atoms with Crippen LogP contribution in [0, 0.1) is 0 Å². The molecule has 0 saturated carbocycles. The molecule has 1 N–H and O–H groups in total. The maximum absolute atomic E-state index is 10.5. The van der Waals surface area contributed by atoms with Gasteiger partial charge in [-0.05, 0) is 0 Å². The zero-order valence-corrected chi connectivity index (χ0v) is 4.60. The van der Waals surface area contributed by atoms with Gasteiger partial charge in [0.25, 0.3) is 0 Å². The fourth-order valence-electron chi connectivity index (χ4n) is 0.682. The SMILES string of the molecule is CC1BC(=O)NC1=O. The van der Waals surface area contributed by atoms with Gasteiger partial charge in [-0.25, -0.2) is 0 Å². The van der Waals surface area contributed by atoms with Gasteiger partial charge in [-0.3, -0.25) is 9.59 Å². The van der Waals surface area contributed by atoms with E-state index in [9.17, 15) is 9.59 Å². The molecule has 1 atom stereocenters. The van der Waals surface area contributed by atoms with Gasteiger partial charge < -0.3 is 5.32 Å². The highest BCUT2D eigenvalue weighted by Crippen LogP contribution is 2.06. The maximum atomic E-state index is 10.5. The molecule has 0 spiro atoms. The first kappa shape index (κ1) is 5.34. The van der Waals surface area contributed by atoms with Crippen molar-refractivity contribution in [3.8, 4) is 0 Å². The molecular weight excluding hydrogens is 105 g/mol. The lowest BCUT2D eigenvalue weighted by Crippen LogP contribution is -2.19. The minimum atomic E-state index is -0.150. The molecule has 1 aliphatic heterocycles. The van der Waals surface area contributed by atoms with E-state index in [-0.39, 0.29) is 17.5 Å². The van der Waals surface area contributed by atoms with Gasteiger partial charge in [-0.1, -0.05) is 6.92 Å². The van der Waals surface area contributed by atoms with Gasteiger partial charge in [0.05, 0.1) is 0 Å². The molecular formula is C4H6BNO2. The monoisotopic (exact) mass is 111 g/mol. The van der Waals surface area contributed by atoms with Gasteiger partial charge in [0.1, 0.15) is 0 Å². The Labute approximate surface area is 47.7 Å². The topological polar surface area (TPSA) is 46.2 Å². The predicted molar refractivity (Wildman–Crippen MR) is 30.1 cm³/mol. The molecule has 0 aromatic carbocycles. The van der Waals surface area contributed by atoms with Crippen molar-refractivity contribution in [2.45, 2.75) is 12.7 Å². The lowest BCUT2D eigenvalue weighted by Gasteiger charge is -1.88. The molecule has 0 aromatic rings. The molecule has 0 aromatic heterocycles. The predicted octanol–water partition coefficient (Wildman–Crippen LogP) is -0.519. The van der Waals surface area contributed by atoms with E-state index in [2.05, 4.69) is 5.32 Å². The van der Waals surface area contributed by atoms with Crippen molar-refractivity contribution >= 4 is 19.0 Å². The smallest absolute Gasteiger partial charge is 0.246 e. The van der Waals surface area contributed by atoms with E-state index < -0.39 is 0 Å². The van der Waals surface area contributed by atoms with Crippen LogP contribution in [0.25, 0.3) is 0 Å². The quantitative estimate of drug-likeness (QED) is 0.427. The second kappa shape index (κ2) is 1.61. The number of amides is 2. The summed E-state index contributed by atoms with van der Waals surface area (Å²) in [7, 11) is 0.360. The van der Waals surface area contributed by atoms with Crippen molar-refractivity contribution in [2.24, 2.45) is 0 Å². The maximum Gasteiger partial charge on any atom is 0.246 e. The summed E-state index contributed by atoms with van der Waals surface area (Å²) in [6.07, 6.45) is 0. The van der Waals surface area contributed by atoms with Crippen LogP contribution in [0.2, 0.25) is 5.82 Å². The van der Waals surface area contributed by atoms with E-state index in [1.165, 1.54) is 0 Å². The van der Waals surface area contributed by atoms with Crippen LogP contribution in [0.3, 0.4) is 0 Å². The van der Waals surface area contributed by atoms with Crippen LogP contribution in [0.15, 0.2) is 0 Å². The molecule has 1 saturated heterocycles. The summed E-state index contributed by atoms with van der Waals surface area (Å²) in [5.74, 6) is -0.403. The molecule has 0 radical (unpaired) electrons. The Kier molecular flexibility index (Phi) is 1.08. The van der Waals surface area contributed by atoms with Crippen molar-refractivity contribution in [1.29, 1.82) is 0 Å². The highest BCUT2D eigenvalue weighted by Gasteiger charge is 2.27. The first-order chi connectivity index (χ1) is 3.70. The molecule has 0 aliphatic carbocycles. The molecule has 0 bridgehead atoms. The second-order valence-corrected chi connectivity index (χ2v) is 2.02. The van der Waals surface area contributed by atoms with Crippen LogP contribution in [0.1, 0.15) is 6.92 Å². The largest absolute Gasteiger partial charge is 0.306 e. The van der Waals surface area contributed by atoms with Gasteiger partial charge in [0, 0.05) is 5.82 Å². The number of carbonyl (C=O) groups is 2. The van der Waals surface area contributed by atoms with E-state index in [1.807, 2.05) is 0 Å². The lowest BCUT2D eigenvalue weighted by molar-refractivity contribution is -0.119. The molecule has 3 nitrogen and oxygen atoms in total. The van der Waals surface area contributed by atoms with E-state index in [1.54, 1.807) is 6.92 Å². The lowest BCUT2D eigenvalue weighted by atomic mass is 9.68. The fourth-order valence-corrected chi connectivity index (χ4v) is 0.682. The van der Waals surface area contributed by atoms with Gasteiger partial charge in [0.15, 0.2) is 5.81 Å². The van der Waals surface area contributed by atoms with Crippen LogP contribution in [-0.4, -0.2) is 19.0 Å². The van der Waals surface area contributed by atoms with Crippen molar-refractivity contribution in [2.75, 3.05) is 0 Å². The zero-order valence-electron chi connectivity index (χ0n) is 4.60. The van der Waals surface area contributed by atoms with Crippen molar-refractivity contribution in [1.82, 2.24) is 5.32 Å². The highest BCUT2D eigenvalue weighted by atomic mass is 16.2. The van der Waals surface area contributed by atoms with E-state index in [4.69, 9.17) is 0 Å². The van der Waals surface area contributed by atoms with Gasteiger partial charge >= 0.3 is 0 Å². The van der Waals surface area contributed by atoms with Crippen LogP contribution in [-0.2, 0) is 4.79 Å². The molecule has 1 unspecified atom stereocenters. The van der Waals surface area contributed by atoms with Crippen molar-refractivity contribution < 1.29 is 9.59 Å². The standard InChI is InChI=1S/C4H6BNO2/c1-2-3(7)6-4(8)5-2/h2,5H,1H3,(H,6,7,8). The Morgan fingerprint density at radius 2 is 2.25 bits per heavy atom. The molecule has 1 rings (SSSR count). The van der Waals surface area contributed by atoms with E-state index in [0.717, 1.165) is 0 Å². The molecule has 1 heterocycles. The third-order valence-electron chi connectivity index (χ3n) is 1.20. The summed E-state index contributed by atoms with van der Waals surface area (Å²) in [5.41, 5.74) is 0. The summed E-state index contributed by atoms with van der Waals surface area (Å²) in [5, 5.41) is 2.19. The molecule has 42 valence electrons. The van der Waals surface area contributed by atoms with Gasteiger partial charge in [-0.2, -0.15) is 0 Å². The van der Waals surface area contributed by atoms with Crippen molar-refractivity contribution in [3.63, 3.8) is 0 Å². The Morgan fingerprint density at radius 1 is 1.62 bits per heavy atom. The van der Waals surface area contributed by atoms with Gasteiger partial charge in [0.2, 0.25) is 13.2 Å². The Hall–Kier alpha value is -0.795. The number of rotatable bonds is 0. The first-order valence-electron chi connectivity index (χ1n) is 2.54. The summed E-state index contributed by atoms with van der Waals surface area (Å²) >= 11 is 0. The van der Waals surface area contributed by atoms with Crippen LogP contribution >= 0.6 is 0 Å². The fraction of sp³-hybridized carbons (Fsp3) is 0.500. The van der Waals surface area contributed by atoms with Crippen molar-refractivity contribution in [3.05, 3.63) is 0 Å². The summed E-state index contributed by atoms with van der Waals surface area (Å²) < 4.78 is 0. The normalized spacial score (nSPS) is 27.4. The number of nitrogens with one attached hydrogen (secondary N) is 1. The van der Waals surface area contributed by atoms with Gasteiger partial charge in [-0.15, -0.1) is 0 Å². The van der Waals surface area contributed by atoms with Crippen LogP contribution < -0.4 is 5.32 Å². The van der Waals surface area contributed by atoms with Crippen LogP contribution in [0.5, 0.6) is 0 Å². The minimum absolute atomic E-state index is 0.109. The zero-order chi connectivity index (χ0) is 6.15. The number of hydrogen-bond donors (Lipinski definition) is 1. The Morgan fingerprint density at radius 3 is 2.38 bits per heavy atom.